The smallest absolute Gasteiger partial charge is 0.300 e. The maximum Gasteiger partial charge on any atom is 0.300 e. The number of methoxy groups -OCH3 is 1. The second kappa shape index (κ2) is 4.45. The molecule has 0 amide bonds. The number of rotatable bonds is 3. The Morgan fingerprint density at radius 2 is 2.21 bits per heavy atom. The fraction of sp³-hybridized carbons (Fsp3) is 0.250. The summed E-state index contributed by atoms with van der Waals surface area (Å²) in [4.78, 5) is 14.7. The van der Waals surface area contributed by atoms with E-state index in [9.17, 15) is 13.6 Å². The molecule has 0 fully saturated rings. The van der Waals surface area contributed by atoms with E-state index < -0.39 is 12.2 Å². The third-order valence-corrected chi connectivity index (χ3v) is 2.13. The second-order valence-electron chi connectivity index (χ2n) is 2.36. The zero-order valence-corrected chi connectivity index (χ0v) is 8.72. The molecule has 0 saturated heterocycles. The molecule has 0 spiro atoms. The van der Waals surface area contributed by atoms with Crippen LogP contribution in [0.2, 0.25) is 0 Å². The Morgan fingerprint density at radius 3 is 2.71 bits per heavy atom. The van der Waals surface area contributed by atoms with Gasteiger partial charge < -0.3 is 4.74 Å². The molecule has 1 rings (SSSR count). The quantitative estimate of drug-likeness (QED) is 0.788. The maximum atomic E-state index is 12.2. The van der Waals surface area contributed by atoms with Crippen molar-refractivity contribution >= 4 is 21.7 Å². The molecule has 0 aliphatic carbocycles. The molecule has 1 aromatic rings. The van der Waals surface area contributed by atoms with Crippen LogP contribution in [-0.4, -0.2) is 24.3 Å². The van der Waals surface area contributed by atoms with Gasteiger partial charge in [-0.05, 0) is 15.9 Å². The van der Waals surface area contributed by atoms with Gasteiger partial charge in [-0.3, -0.25) is 9.78 Å². The van der Waals surface area contributed by atoms with E-state index in [1.54, 1.807) is 0 Å². The molecule has 0 bridgehead atoms. The number of ether oxygens (including phenoxy) is 1. The Hall–Kier alpha value is -1.04. The van der Waals surface area contributed by atoms with Crippen molar-refractivity contribution in [2.45, 2.75) is 6.43 Å². The lowest BCUT2D eigenvalue weighted by Gasteiger charge is -2.07. The number of halogens is 3. The number of carbonyl (C=O) groups excluding carboxylic acids is 1. The van der Waals surface area contributed by atoms with Crippen molar-refractivity contribution < 1.29 is 18.3 Å². The van der Waals surface area contributed by atoms with Crippen molar-refractivity contribution in [2.24, 2.45) is 0 Å². The molecule has 0 aliphatic rings. The Labute approximate surface area is 87.2 Å². The summed E-state index contributed by atoms with van der Waals surface area (Å²) in [6, 6.07) is 0. The highest BCUT2D eigenvalue weighted by molar-refractivity contribution is 9.10. The molecule has 1 heterocycles. The van der Waals surface area contributed by atoms with Crippen LogP contribution in [0.5, 0.6) is 5.75 Å². The molecule has 6 heteroatoms. The Morgan fingerprint density at radius 1 is 1.57 bits per heavy atom. The number of pyridine rings is 1. The average Bonchev–Trinajstić information content (AvgIpc) is 2.16. The Bertz CT molecular complexity index is 357. The van der Waals surface area contributed by atoms with Gasteiger partial charge in [0, 0.05) is 6.20 Å². The van der Waals surface area contributed by atoms with Gasteiger partial charge in [0.2, 0.25) is 5.78 Å². The highest BCUT2D eigenvalue weighted by Crippen LogP contribution is 2.27. The van der Waals surface area contributed by atoms with Crippen molar-refractivity contribution in [3.8, 4) is 5.75 Å². The number of hydrogen-bond donors (Lipinski definition) is 0. The number of hydrogen-bond acceptors (Lipinski definition) is 3. The lowest BCUT2D eigenvalue weighted by atomic mass is 10.1. The van der Waals surface area contributed by atoms with E-state index in [4.69, 9.17) is 4.74 Å². The number of aromatic nitrogens is 1. The van der Waals surface area contributed by atoms with Crippen LogP contribution in [0.1, 0.15) is 10.4 Å². The van der Waals surface area contributed by atoms with Crippen LogP contribution in [0.4, 0.5) is 8.78 Å². The van der Waals surface area contributed by atoms with E-state index in [1.165, 1.54) is 19.5 Å². The predicted octanol–water partition coefficient (Wildman–Crippen LogP) is 2.30. The minimum absolute atomic E-state index is 0.0321. The molecule has 0 radical (unpaired) electrons. The monoisotopic (exact) mass is 265 g/mol. The summed E-state index contributed by atoms with van der Waals surface area (Å²) >= 11 is 2.96. The first-order valence-electron chi connectivity index (χ1n) is 3.57. The van der Waals surface area contributed by atoms with Crippen LogP contribution in [-0.2, 0) is 0 Å². The van der Waals surface area contributed by atoms with Gasteiger partial charge in [0.05, 0.1) is 23.3 Å². The molecule has 0 aliphatic heterocycles. The summed E-state index contributed by atoms with van der Waals surface area (Å²) in [6.45, 7) is 0. The number of nitrogens with zero attached hydrogens (tertiary/aromatic N) is 1. The minimum Gasteiger partial charge on any atom is -0.494 e. The van der Waals surface area contributed by atoms with Crippen LogP contribution < -0.4 is 4.74 Å². The topological polar surface area (TPSA) is 39.2 Å². The summed E-state index contributed by atoms with van der Waals surface area (Å²) in [5.74, 6) is -1.25. The lowest BCUT2D eigenvalue weighted by molar-refractivity contribution is 0.0674. The SMILES string of the molecule is COc1cncc(Br)c1C(=O)C(F)F. The normalized spacial score (nSPS) is 10.4. The Kier molecular flexibility index (Phi) is 3.51. The van der Waals surface area contributed by atoms with Gasteiger partial charge in [-0.1, -0.05) is 0 Å². The lowest BCUT2D eigenvalue weighted by Crippen LogP contribution is -2.12. The van der Waals surface area contributed by atoms with E-state index >= 15 is 0 Å². The van der Waals surface area contributed by atoms with E-state index in [1.807, 2.05) is 0 Å². The third-order valence-electron chi connectivity index (χ3n) is 1.53. The van der Waals surface area contributed by atoms with Gasteiger partial charge in [-0.15, -0.1) is 0 Å². The Balaban J connectivity index is 3.23. The fourth-order valence-corrected chi connectivity index (χ4v) is 1.43. The molecule has 0 unspecified atom stereocenters. The van der Waals surface area contributed by atoms with E-state index in [0.717, 1.165) is 0 Å². The van der Waals surface area contributed by atoms with Crippen molar-refractivity contribution in [2.75, 3.05) is 7.11 Å². The third kappa shape index (κ3) is 2.06. The molecule has 0 N–H and O–H groups in total. The van der Waals surface area contributed by atoms with Crippen molar-refractivity contribution in [3.63, 3.8) is 0 Å². The fourth-order valence-electron chi connectivity index (χ4n) is 0.920. The number of alkyl halides is 2. The van der Waals surface area contributed by atoms with Crippen LogP contribution in [0.25, 0.3) is 0 Å². The number of ketones is 1. The summed E-state index contributed by atoms with van der Waals surface area (Å²) in [5, 5.41) is 0. The zero-order valence-electron chi connectivity index (χ0n) is 7.13. The van der Waals surface area contributed by atoms with Gasteiger partial charge in [0.25, 0.3) is 0 Å². The molecule has 0 atom stereocenters. The predicted molar refractivity (Wildman–Crippen MR) is 48.8 cm³/mol. The standard InChI is InChI=1S/C8H6BrF2NO2/c1-14-5-3-12-2-4(9)6(5)7(13)8(10)11/h2-3,8H,1H3. The van der Waals surface area contributed by atoms with E-state index in [0.29, 0.717) is 0 Å². The van der Waals surface area contributed by atoms with Crippen LogP contribution in [0, 0.1) is 0 Å². The van der Waals surface area contributed by atoms with Crippen molar-refractivity contribution in [1.29, 1.82) is 0 Å². The van der Waals surface area contributed by atoms with Crippen molar-refractivity contribution in [1.82, 2.24) is 4.98 Å². The number of carbonyl (C=O) groups is 1. The molecule has 0 aromatic carbocycles. The molecular weight excluding hydrogens is 260 g/mol. The van der Waals surface area contributed by atoms with Crippen LogP contribution in [0.15, 0.2) is 16.9 Å². The van der Waals surface area contributed by atoms with Gasteiger partial charge in [-0.25, -0.2) is 8.78 Å². The second-order valence-corrected chi connectivity index (χ2v) is 3.22. The average molecular weight is 266 g/mol. The molecule has 0 saturated carbocycles. The molecule has 1 aromatic heterocycles. The number of Topliss-reactive ketones (excluding diaryl/α,β-unsaturated/α-hetero) is 1. The summed E-state index contributed by atoms with van der Waals surface area (Å²) < 4.78 is 29.3. The van der Waals surface area contributed by atoms with Gasteiger partial charge in [-0.2, -0.15) is 0 Å². The zero-order chi connectivity index (χ0) is 10.7. The van der Waals surface area contributed by atoms with Crippen LogP contribution >= 0.6 is 15.9 Å². The highest BCUT2D eigenvalue weighted by Gasteiger charge is 2.24. The van der Waals surface area contributed by atoms with E-state index in [2.05, 4.69) is 20.9 Å². The molecule has 14 heavy (non-hydrogen) atoms. The minimum atomic E-state index is -3.05. The van der Waals surface area contributed by atoms with E-state index in [-0.39, 0.29) is 15.8 Å². The first-order chi connectivity index (χ1) is 6.57. The van der Waals surface area contributed by atoms with Crippen LogP contribution in [0.3, 0.4) is 0 Å². The molecular formula is C8H6BrF2NO2. The summed E-state index contributed by atoms with van der Waals surface area (Å²) in [6.07, 6.45) is -0.582. The molecule has 3 nitrogen and oxygen atoms in total. The van der Waals surface area contributed by atoms with Gasteiger partial charge in [0.15, 0.2) is 0 Å². The maximum absolute atomic E-state index is 12.2. The highest BCUT2D eigenvalue weighted by atomic mass is 79.9. The largest absolute Gasteiger partial charge is 0.494 e. The van der Waals surface area contributed by atoms with Crippen molar-refractivity contribution in [3.05, 3.63) is 22.4 Å². The molecule has 76 valence electrons. The summed E-state index contributed by atoms with van der Waals surface area (Å²) in [7, 11) is 1.28. The van der Waals surface area contributed by atoms with Gasteiger partial charge in [0.1, 0.15) is 5.75 Å². The van der Waals surface area contributed by atoms with Gasteiger partial charge >= 0.3 is 6.43 Å². The first kappa shape index (κ1) is 11.0. The summed E-state index contributed by atoms with van der Waals surface area (Å²) in [5.41, 5.74) is -0.183. The first-order valence-corrected chi connectivity index (χ1v) is 4.37.